The Kier molecular flexibility index (Phi) is 2.77. The number of fused-ring (bicyclic) bond motifs is 1. The number of ether oxygens (including phenoxy) is 1. The zero-order valence-corrected chi connectivity index (χ0v) is 9.12. The number of benzene rings is 1. The fraction of sp³-hybridized carbons (Fsp3) is 0.154. The van der Waals surface area contributed by atoms with Crippen LogP contribution in [-0.2, 0) is 0 Å². The van der Waals surface area contributed by atoms with Gasteiger partial charge in [-0.25, -0.2) is 0 Å². The van der Waals surface area contributed by atoms with Crippen molar-refractivity contribution in [3.05, 3.63) is 42.6 Å². The molecule has 82 valence electrons. The Bertz CT molecular complexity index is 540. The molecular formula is C13H13NO2. The van der Waals surface area contributed by atoms with Gasteiger partial charge in [-0.2, -0.15) is 0 Å². The average molecular weight is 215 g/mol. The number of rotatable bonds is 4. The number of carbonyl (C=O) groups is 1. The van der Waals surface area contributed by atoms with E-state index in [1.807, 2.05) is 25.1 Å². The van der Waals surface area contributed by atoms with Crippen molar-refractivity contribution < 1.29 is 9.53 Å². The van der Waals surface area contributed by atoms with Gasteiger partial charge in [0, 0.05) is 22.7 Å². The van der Waals surface area contributed by atoms with E-state index in [4.69, 9.17) is 4.74 Å². The van der Waals surface area contributed by atoms with E-state index in [9.17, 15) is 4.79 Å². The van der Waals surface area contributed by atoms with Crippen LogP contribution >= 0.6 is 0 Å². The van der Waals surface area contributed by atoms with E-state index in [2.05, 4.69) is 11.6 Å². The summed E-state index contributed by atoms with van der Waals surface area (Å²) in [6, 6.07) is 5.65. The predicted octanol–water partition coefficient (Wildman–Crippen LogP) is 2.94. The second-order valence-corrected chi connectivity index (χ2v) is 3.41. The number of aromatic amines is 1. The van der Waals surface area contributed by atoms with Crippen molar-refractivity contribution in [1.29, 1.82) is 0 Å². The fourth-order valence-electron chi connectivity index (χ4n) is 1.67. The van der Waals surface area contributed by atoms with E-state index < -0.39 is 0 Å². The summed E-state index contributed by atoms with van der Waals surface area (Å²) < 4.78 is 5.40. The van der Waals surface area contributed by atoms with Gasteiger partial charge in [0.15, 0.2) is 5.78 Å². The van der Waals surface area contributed by atoms with Crippen molar-refractivity contribution in [3.63, 3.8) is 0 Å². The quantitative estimate of drug-likeness (QED) is 0.629. The lowest BCUT2D eigenvalue weighted by Gasteiger charge is -2.02. The summed E-state index contributed by atoms with van der Waals surface area (Å²) in [4.78, 5) is 14.6. The van der Waals surface area contributed by atoms with Gasteiger partial charge in [-0.3, -0.25) is 4.79 Å². The normalized spacial score (nSPS) is 10.3. The van der Waals surface area contributed by atoms with Gasteiger partial charge in [0.1, 0.15) is 5.75 Å². The Morgan fingerprint density at radius 1 is 1.56 bits per heavy atom. The second kappa shape index (κ2) is 4.23. The van der Waals surface area contributed by atoms with Crippen LogP contribution in [0.15, 0.2) is 37.1 Å². The van der Waals surface area contributed by atoms with Crippen molar-refractivity contribution in [2.24, 2.45) is 0 Å². The van der Waals surface area contributed by atoms with Gasteiger partial charge in [-0.15, -0.1) is 0 Å². The maximum atomic E-state index is 11.6. The molecule has 0 aliphatic rings. The van der Waals surface area contributed by atoms with Gasteiger partial charge in [0.25, 0.3) is 0 Å². The van der Waals surface area contributed by atoms with Crippen LogP contribution in [0.3, 0.4) is 0 Å². The minimum absolute atomic E-state index is 0.0834. The van der Waals surface area contributed by atoms with Crippen molar-refractivity contribution in [1.82, 2.24) is 4.98 Å². The molecule has 1 N–H and O–H groups in total. The van der Waals surface area contributed by atoms with Crippen LogP contribution in [0.1, 0.15) is 17.3 Å². The molecule has 3 nitrogen and oxygen atoms in total. The van der Waals surface area contributed by atoms with E-state index >= 15 is 0 Å². The topological polar surface area (TPSA) is 42.1 Å². The molecule has 0 amide bonds. The summed E-state index contributed by atoms with van der Waals surface area (Å²) in [5.74, 6) is 0.688. The number of carbonyl (C=O) groups excluding carboxylic acids is 1. The van der Waals surface area contributed by atoms with Crippen LogP contribution in [0.25, 0.3) is 10.9 Å². The van der Waals surface area contributed by atoms with E-state index in [1.54, 1.807) is 6.20 Å². The lowest BCUT2D eigenvalue weighted by atomic mass is 10.1. The molecule has 0 spiro atoms. The summed E-state index contributed by atoms with van der Waals surface area (Å²) in [5, 5.41) is 0.871. The molecule has 0 fully saturated rings. The molecule has 0 radical (unpaired) electrons. The van der Waals surface area contributed by atoms with Crippen molar-refractivity contribution >= 4 is 16.7 Å². The molecule has 0 saturated carbocycles. The van der Waals surface area contributed by atoms with Gasteiger partial charge in [0.05, 0.1) is 6.61 Å². The van der Waals surface area contributed by atoms with Crippen LogP contribution in [-0.4, -0.2) is 17.4 Å². The Balaban J connectivity index is 2.55. The smallest absolute Gasteiger partial charge is 0.187 e. The maximum Gasteiger partial charge on any atom is 0.187 e. The summed E-state index contributed by atoms with van der Waals surface area (Å²) >= 11 is 0. The first kappa shape index (κ1) is 10.5. The van der Waals surface area contributed by atoms with Gasteiger partial charge in [0.2, 0.25) is 0 Å². The van der Waals surface area contributed by atoms with Gasteiger partial charge >= 0.3 is 0 Å². The number of hydrogen-bond donors (Lipinski definition) is 1. The number of hydrogen-bond acceptors (Lipinski definition) is 2. The number of aromatic nitrogens is 1. The Morgan fingerprint density at radius 2 is 2.38 bits per heavy atom. The summed E-state index contributed by atoms with van der Waals surface area (Å²) in [7, 11) is 0. The molecule has 2 rings (SSSR count). The van der Waals surface area contributed by atoms with Crippen molar-refractivity contribution in [2.45, 2.75) is 6.92 Å². The SMILES string of the molecule is C=CC(=O)c1c[nH]c2ccc(OCC)cc12. The zero-order chi connectivity index (χ0) is 11.5. The molecule has 0 atom stereocenters. The average Bonchev–Trinajstić information content (AvgIpc) is 2.71. The second-order valence-electron chi connectivity index (χ2n) is 3.41. The summed E-state index contributed by atoms with van der Waals surface area (Å²) in [6.45, 7) is 6.03. The lowest BCUT2D eigenvalue weighted by Crippen LogP contribution is -1.93. The van der Waals surface area contributed by atoms with Gasteiger partial charge < -0.3 is 9.72 Å². The summed E-state index contributed by atoms with van der Waals surface area (Å²) in [5.41, 5.74) is 1.56. The lowest BCUT2D eigenvalue weighted by molar-refractivity contribution is 0.104. The highest BCUT2D eigenvalue weighted by atomic mass is 16.5. The highest BCUT2D eigenvalue weighted by Crippen LogP contribution is 2.24. The van der Waals surface area contributed by atoms with Gasteiger partial charge in [-0.05, 0) is 31.2 Å². The first-order valence-corrected chi connectivity index (χ1v) is 5.17. The third kappa shape index (κ3) is 1.72. The molecule has 0 aliphatic heterocycles. The predicted molar refractivity (Wildman–Crippen MR) is 64.0 cm³/mol. The van der Waals surface area contributed by atoms with E-state index in [-0.39, 0.29) is 5.78 Å². The molecule has 0 saturated heterocycles. The van der Waals surface area contributed by atoms with Crippen LogP contribution in [0.5, 0.6) is 5.75 Å². The molecule has 1 heterocycles. The fourth-order valence-corrected chi connectivity index (χ4v) is 1.67. The number of ketones is 1. The summed E-state index contributed by atoms with van der Waals surface area (Å²) in [6.07, 6.45) is 3.01. The van der Waals surface area contributed by atoms with E-state index in [0.717, 1.165) is 16.7 Å². The monoisotopic (exact) mass is 215 g/mol. The largest absolute Gasteiger partial charge is 0.494 e. The third-order valence-corrected chi connectivity index (χ3v) is 2.42. The van der Waals surface area contributed by atoms with Gasteiger partial charge in [-0.1, -0.05) is 6.58 Å². The molecule has 0 bridgehead atoms. The molecular weight excluding hydrogens is 202 g/mol. The Morgan fingerprint density at radius 3 is 3.06 bits per heavy atom. The standard InChI is InChI=1S/C13H13NO2/c1-3-13(15)11-8-14-12-6-5-9(16-4-2)7-10(11)12/h3,5-8,14H,1,4H2,2H3. The molecule has 0 aliphatic carbocycles. The van der Waals surface area contributed by atoms with Crippen molar-refractivity contribution in [3.8, 4) is 5.75 Å². The number of H-pyrrole nitrogens is 1. The molecule has 1 aromatic heterocycles. The van der Waals surface area contributed by atoms with E-state index in [1.165, 1.54) is 6.08 Å². The molecule has 0 unspecified atom stereocenters. The van der Waals surface area contributed by atoms with Crippen LogP contribution in [0.2, 0.25) is 0 Å². The molecule has 3 heteroatoms. The first-order valence-electron chi connectivity index (χ1n) is 5.17. The highest BCUT2D eigenvalue weighted by Gasteiger charge is 2.09. The Hall–Kier alpha value is -2.03. The maximum absolute atomic E-state index is 11.6. The zero-order valence-electron chi connectivity index (χ0n) is 9.12. The number of nitrogens with one attached hydrogen (secondary N) is 1. The first-order chi connectivity index (χ1) is 7.76. The third-order valence-electron chi connectivity index (χ3n) is 2.42. The van der Waals surface area contributed by atoms with Crippen LogP contribution in [0, 0.1) is 0 Å². The minimum Gasteiger partial charge on any atom is -0.494 e. The van der Waals surface area contributed by atoms with Crippen LogP contribution in [0.4, 0.5) is 0 Å². The molecule has 2 aromatic rings. The molecule has 1 aromatic carbocycles. The minimum atomic E-state index is -0.0834. The van der Waals surface area contributed by atoms with E-state index in [0.29, 0.717) is 12.2 Å². The van der Waals surface area contributed by atoms with Crippen molar-refractivity contribution in [2.75, 3.05) is 6.61 Å². The highest BCUT2D eigenvalue weighted by molar-refractivity contribution is 6.13. The Labute approximate surface area is 93.7 Å². The molecule has 16 heavy (non-hydrogen) atoms. The number of allylic oxidation sites excluding steroid dienone is 1. The van der Waals surface area contributed by atoms with Crippen LogP contribution < -0.4 is 4.74 Å².